The average molecular weight is 158 g/mol. The van der Waals surface area contributed by atoms with Gasteiger partial charge in [0.2, 0.25) is 0 Å². The first-order valence-corrected chi connectivity index (χ1v) is 4.12. The van der Waals surface area contributed by atoms with E-state index in [0.717, 1.165) is 13.0 Å². The predicted octanol–water partition coefficient (Wildman–Crippen LogP) is 1.92. The van der Waals surface area contributed by atoms with Gasteiger partial charge in [0.05, 0.1) is 0 Å². The molecule has 0 aliphatic rings. The van der Waals surface area contributed by atoms with Crippen LogP contribution in [-0.4, -0.2) is 18.1 Å². The first kappa shape index (κ1) is 10.6. The number of nitroso groups, excluding NO2 is 1. The molecule has 0 saturated heterocycles. The molecule has 0 rings (SSSR count). The van der Waals surface area contributed by atoms with Crippen molar-refractivity contribution in [1.82, 2.24) is 5.32 Å². The highest BCUT2D eigenvalue weighted by molar-refractivity contribution is 4.87. The summed E-state index contributed by atoms with van der Waals surface area (Å²) < 4.78 is 0. The van der Waals surface area contributed by atoms with Crippen molar-refractivity contribution in [3.63, 3.8) is 0 Å². The highest BCUT2D eigenvalue weighted by Gasteiger charge is 2.25. The van der Waals surface area contributed by atoms with Gasteiger partial charge in [0, 0.05) is 5.54 Å². The lowest BCUT2D eigenvalue weighted by Crippen LogP contribution is -2.47. The molecule has 1 N–H and O–H groups in total. The van der Waals surface area contributed by atoms with Crippen molar-refractivity contribution in [3.8, 4) is 0 Å². The Kier molecular flexibility index (Phi) is 4.26. The fraction of sp³-hybridized carbons (Fsp3) is 1.00. The fourth-order valence-electron chi connectivity index (χ4n) is 0.727. The van der Waals surface area contributed by atoms with E-state index in [1.807, 2.05) is 20.8 Å². The number of nitrogens with one attached hydrogen (secondary N) is 1. The van der Waals surface area contributed by atoms with Gasteiger partial charge in [-0.05, 0) is 33.7 Å². The third-order valence-electron chi connectivity index (χ3n) is 2.03. The molecule has 0 aromatic rings. The highest BCUT2D eigenvalue weighted by Crippen LogP contribution is 2.11. The van der Waals surface area contributed by atoms with Crippen LogP contribution in [0.4, 0.5) is 0 Å². The summed E-state index contributed by atoms with van der Waals surface area (Å²) in [5.41, 5.74) is -0.169. The number of hydrogen-bond donors (Lipinski definition) is 1. The molecule has 0 fully saturated rings. The van der Waals surface area contributed by atoms with Crippen LogP contribution in [0.1, 0.15) is 34.1 Å². The number of nitrogens with zero attached hydrogens (tertiary/aromatic N) is 1. The Bertz CT molecular complexity index is 123. The van der Waals surface area contributed by atoms with E-state index in [-0.39, 0.29) is 11.6 Å². The van der Waals surface area contributed by atoms with Crippen molar-refractivity contribution in [1.29, 1.82) is 0 Å². The number of hydrogen-bond acceptors (Lipinski definition) is 3. The van der Waals surface area contributed by atoms with E-state index in [1.54, 1.807) is 0 Å². The third kappa shape index (κ3) is 3.46. The maximum Gasteiger partial charge on any atom is 0.107 e. The third-order valence-corrected chi connectivity index (χ3v) is 2.03. The Morgan fingerprint density at radius 1 is 1.55 bits per heavy atom. The number of rotatable bonds is 5. The van der Waals surface area contributed by atoms with Crippen LogP contribution in [0.3, 0.4) is 0 Å². The van der Waals surface area contributed by atoms with Crippen molar-refractivity contribution >= 4 is 0 Å². The van der Waals surface area contributed by atoms with Gasteiger partial charge in [0.15, 0.2) is 0 Å². The second kappa shape index (κ2) is 4.44. The van der Waals surface area contributed by atoms with Crippen molar-refractivity contribution in [2.75, 3.05) is 6.54 Å². The van der Waals surface area contributed by atoms with Crippen LogP contribution in [0.5, 0.6) is 0 Å². The molecule has 0 spiro atoms. The van der Waals surface area contributed by atoms with Gasteiger partial charge in [0.25, 0.3) is 0 Å². The maximum absolute atomic E-state index is 10.2. The van der Waals surface area contributed by atoms with Crippen molar-refractivity contribution in [3.05, 3.63) is 4.91 Å². The molecule has 1 unspecified atom stereocenters. The molecule has 0 aliphatic heterocycles. The quantitative estimate of drug-likeness (QED) is 0.621. The second-order valence-electron chi connectivity index (χ2n) is 3.43. The summed E-state index contributed by atoms with van der Waals surface area (Å²) in [7, 11) is 0. The van der Waals surface area contributed by atoms with E-state index < -0.39 is 0 Å². The van der Waals surface area contributed by atoms with E-state index >= 15 is 0 Å². The molecular formula is C8H18N2O. The molecule has 0 saturated carbocycles. The molecule has 1 atom stereocenters. The summed E-state index contributed by atoms with van der Waals surface area (Å²) in [6, 6.07) is -0.172. The largest absolute Gasteiger partial charge is 0.310 e. The molecule has 0 heterocycles. The van der Waals surface area contributed by atoms with Crippen LogP contribution in [0.15, 0.2) is 5.18 Å². The molecule has 0 aliphatic carbocycles. The maximum atomic E-state index is 10.2. The van der Waals surface area contributed by atoms with Crippen LogP contribution >= 0.6 is 0 Å². The van der Waals surface area contributed by atoms with E-state index in [0.29, 0.717) is 0 Å². The smallest absolute Gasteiger partial charge is 0.107 e. The Hall–Kier alpha value is -0.440. The Balaban J connectivity index is 3.87. The lowest BCUT2D eigenvalue weighted by atomic mass is 9.97. The molecular weight excluding hydrogens is 140 g/mol. The van der Waals surface area contributed by atoms with Gasteiger partial charge in [-0.15, -0.1) is 0 Å². The zero-order valence-electron chi connectivity index (χ0n) is 7.85. The van der Waals surface area contributed by atoms with Crippen LogP contribution in [-0.2, 0) is 0 Å². The van der Waals surface area contributed by atoms with E-state index in [2.05, 4.69) is 17.4 Å². The summed E-state index contributed by atoms with van der Waals surface area (Å²) in [6.45, 7) is 8.86. The van der Waals surface area contributed by atoms with Crippen molar-refractivity contribution in [2.45, 2.75) is 45.7 Å². The van der Waals surface area contributed by atoms with Crippen molar-refractivity contribution in [2.24, 2.45) is 5.18 Å². The minimum Gasteiger partial charge on any atom is -0.310 e. The van der Waals surface area contributed by atoms with Crippen molar-refractivity contribution < 1.29 is 0 Å². The highest BCUT2D eigenvalue weighted by atomic mass is 16.3. The topological polar surface area (TPSA) is 41.5 Å². The lowest BCUT2D eigenvalue weighted by Gasteiger charge is -2.28. The Morgan fingerprint density at radius 3 is 2.45 bits per heavy atom. The zero-order valence-corrected chi connectivity index (χ0v) is 7.85. The minimum absolute atomic E-state index is 0.169. The van der Waals surface area contributed by atoms with Gasteiger partial charge in [-0.3, -0.25) is 0 Å². The Labute approximate surface area is 68.5 Å². The second-order valence-corrected chi connectivity index (χ2v) is 3.43. The molecule has 3 nitrogen and oxygen atoms in total. The van der Waals surface area contributed by atoms with Gasteiger partial charge >= 0.3 is 0 Å². The SMILES string of the molecule is CCCNC(C)(C)C(C)N=O. The summed E-state index contributed by atoms with van der Waals surface area (Å²) >= 11 is 0. The molecule has 11 heavy (non-hydrogen) atoms. The summed E-state index contributed by atoms with van der Waals surface area (Å²) in [6.07, 6.45) is 1.08. The van der Waals surface area contributed by atoms with Gasteiger partial charge < -0.3 is 5.32 Å². The minimum atomic E-state index is -0.172. The predicted molar refractivity (Wildman–Crippen MR) is 47.6 cm³/mol. The van der Waals surface area contributed by atoms with Gasteiger partial charge in [-0.25, -0.2) is 0 Å². The van der Waals surface area contributed by atoms with Crippen LogP contribution in [0.2, 0.25) is 0 Å². The summed E-state index contributed by atoms with van der Waals surface area (Å²) in [4.78, 5) is 10.2. The average Bonchev–Trinajstić information content (AvgIpc) is 1.99. The Morgan fingerprint density at radius 2 is 2.09 bits per heavy atom. The molecule has 0 bridgehead atoms. The fourth-order valence-corrected chi connectivity index (χ4v) is 0.727. The molecule has 0 aromatic heterocycles. The summed E-state index contributed by atoms with van der Waals surface area (Å²) in [5.74, 6) is 0. The lowest BCUT2D eigenvalue weighted by molar-refractivity contribution is 0.334. The first-order valence-electron chi connectivity index (χ1n) is 4.12. The van der Waals surface area contributed by atoms with Gasteiger partial charge in [-0.1, -0.05) is 12.1 Å². The van der Waals surface area contributed by atoms with Gasteiger partial charge in [-0.2, -0.15) is 4.91 Å². The molecule has 0 amide bonds. The van der Waals surface area contributed by atoms with E-state index in [4.69, 9.17) is 0 Å². The molecule has 3 heteroatoms. The molecule has 0 aromatic carbocycles. The van der Waals surface area contributed by atoms with Crippen LogP contribution < -0.4 is 5.32 Å². The normalized spacial score (nSPS) is 14.5. The summed E-state index contributed by atoms with van der Waals surface area (Å²) in [5, 5.41) is 6.27. The standard InChI is InChI=1S/C8H18N2O/c1-5-6-9-8(3,4)7(2)10-11/h7,9H,5-6H2,1-4H3. The first-order chi connectivity index (χ1) is 5.04. The van der Waals surface area contributed by atoms with E-state index in [9.17, 15) is 4.91 Å². The van der Waals surface area contributed by atoms with E-state index in [1.165, 1.54) is 0 Å². The molecule has 0 radical (unpaired) electrons. The van der Waals surface area contributed by atoms with Crippen LogP contribution in [0, 0.1) is 4.91 Å². The molecule has 66 valence electrons. The van der Waals surface area contributed by atoms with Gasteiger partial charge in [0.1, 0.15) is 6.04 Å². The van der Waals surface area contributed by atoms with Crippen LogP contribution in [0.25, 0.3) is 0 Å². The monoisotopic (exact) mass is 158 g/mol. The zero-order chi connectivity index (χ0) is 8.91.